The molecule has 0 aromatic rings. The third-order valence-electron chi connectivity index (χ3n) is 1.80. The van der Waals surface area contributed by atoms with Crippen LogP contribution >= 0.6 is 0 Å². The first-order valence-electron chi connectivity index (χ1n) is 3.85. The average molecular weight is 183 g/mol. The summed E-state index contributed by atoms with van der Waals surface area (Å²) in [6, 6.07) is -0.117. The molecule has 0 aliphatic carbocycles. The van der Waals surface area contributed by atoms with Crippen molar-refractivity contribution in [3.8, 4) is 0 Å². The van der Waals surface area contributed by atoms with Crippen molar-refractivity contribution >= 4 is 5.91 Å². The lowest BCUT2D eigenvalue weighted by Crippen LogP contribution is -2.49. The predicted octanol–water partition coefficient (Wildman–Crippen LogP) is 0.286. The van der Waals surface area contributed by atoms with E-state index < -0.39 is 5.91 Å². The van der Waals surface area contributed by atoms with Crippen LogP contribution in [0.25, 0.3) is 0 Å². The van der Waals surface area contributed by atoms with Gasteiger partial charge in [0, 0.05) is 30.9 Å². The van der Waals surface area contributed by atoms with Crippen LogP contribution in [0, 0.1) is 9.81 Å². The first-order valence-corrected chi connectivity index (χ1v) is 3.85. The zero-order valence-electron chi connectivity index (χ0n) is 6.92. The van der Waals surface area contributed by atoms with Crippen LogP contribution in [0.3, 0.4) is 0 Å². The Morgan fingerprint density at radius 1 is 1.46 bits per heavy atom. The van der Waals surface area contributed by atoms with Gasteiger partial charge in [-0.25, -0.2) is 0 Å². The second-order valence-electron chi connectivity index (χ2n) is 2.81. The summed E-state index contributed by atoms with van der Waals surface area (Å²) in [5, 5.41) is 5.05. The smallest absolute Gasteiger partial charge is 0.295 e. The quantitative estimate of drug-likeness (QED) is 0.463. The normalized spacial score (nSPS) is 18.5. The monoisotopic (exact) mass is 183 g/mol. The second-order valence-corrected chi connectivity index (χ2v) is 2.81. The Bertz CT molecular complexity index is 245. The van der Waals surface area contributed by atoms with Crippen LogP contribution in [0.4, 0.5) is 0 Å². The summed E-state index contributed by atoms with van der Waals surface area (Å²) >= 11 is 0. The van der Waals surface area contributed by atoms with Gasteiger partial charge in [0.05, 0.1) is 0 Å². The maximum Gasteiger partial charge on any atom is 0.309 e. The highest BCUT2D eigenvalue weighted by Gasteiger charge is 2.25. The van der Waals surface area contributed by atoms with E-state index in [9.17, 15) is 14.6 Å². The van der Waals surface area contributed by atoms with Gasteiger partial charge in [0.15, 0.2) is 0 Å². The molecule has 0 atom stereocenters. The molecule has 1 fully saturated rings. The number of carbonyl (C=O) groups excluding carboxylic acids is 1. The van der Waals surface area contributed by atoms with Crippen LogP contribution in [0.1, 0.15) is 0 Å². The molecule has 6 nitrogen and oxygen atoms in total. The molecular formula is C7H9N3O3. The number of hydrogen-bond donors (Lipinski definition) is 0. The highest BCUT2D eigenvalue weighted by Crippen LogP contribution is 2.09. The summed E-state index contributed by atoms with van der Waals surface area (Å²) in [5.74, 6) is -0.786. The lowest BCUT2D eigenvalue weighted by atomic mass is 10.1. The molecule has 1 rings (SSSR count). The molecule has 0 N–H and O–H groups in total. The van der Waals surface area contributed by atoms with Gasteiger partial charge in [0.25, 0.3) is 0 Å². The first kappa shape index (κ1) is 9.66. The Morgan fingerprint density at radius 2 is 2.15 bits per heavy atom. The molecule has 1 saturated heterocycles. The minimum atomic E-state index is -0.786. The lowest BCUT2D eigenvalue weighted by Gasteiger charge is -2.33. The maximum absolute atomic E-state index is 10.4. The zero-order chi connectivity index (χ0) is 9.68. The van der Waals surface area contributed by atoms with E-state index in [0.29, 0.717) is 19.6 Å². The molecule has 0 aromatic heterocycles. The summed E-state index contributed by atoms with van der Waals surface area (Å²) in [6.07, 6.45) is 2.67. The molecular weight excluding hydrogens is 174 g/mol. The fourth-order valence-corrected chi connectivity index (χ4v) is 1.09. The number of likely N-dealkylation sites (tertiary alicyclic amines) is 1. The van der Waals surface area contributed by atoms with E-state index in [4.69, 9.17) is 0 Å². The van der Waals surface area contributed by atoms with Crippen molar-refractivity contribution < 1.29 is 4.79 Å². The molecule has 1 heterocycles. The fourth-order valence-electron chi connectivity index (χ4n) is 1.09. The van der Waals surface area contributed by atoms with Crippen LogP contribution in [0.2, 0.25) is 0 Å². The van der Waals surface area contributed by atoms with Crippen LogP contribution in [-0.4, -0.2) is 36.5 Å². The molecule has 1 aliphatic heterocycles. The van der Waals surface area contributed by atoms with Gasteiger partial charge in [-0.15, -0.1) is 4.91 Å². The summed E-state index contributed by atoms with van der Waals surface area (Å²) in [6.45, 7) is 1.79. The Morgan fingerprint density at radius 3 is 2.69 bits per heavy atom. The van der Waals surface area contributed by atoms with E-state index in [0.717, 1.165) is 6.08 Å². The third kappa shape index (κ3) is 2.83. The molecule has 1 amide bonds. The van der Waals surface area contributed by atoms with Crippen molar-refractivity contribution in [2.24, 2.45) is 10.4 Å². The molecule has 6 heteroatoms. The van der Waals surface area contributed by atoms with Crippen molar-refractivity contribution in [2.75, 3.05) is 19.6 Å². The van der Waals surface area contributed by atoms with Crippen molar-refractivity contribution in [2.45, 2.75) is 6.04 Å². The highest BCUT2D eigenvalue weighted by molar-refractivity contribution is 5.88. The van der Waals surface area contributed by atoms with E-state index in [-0.39, 0.29) is 6.04 Å². The van der Waals surface area contributed by atoms with Gasteiger partial charge in [0.1, 0.15) is 6.04 Å². The predicted molar refractivity (Wildman–Crippen MR) is 46.0 cm³/mol. The van der Waals surface area contributed by atoms with E-state index in [1.807, 2.05) is 4.90 Å². The molecule has 0 aromatic carbocycles. The van der Waals surface area contributed by atoms with Crippen molar-refractivity contribution in [1.82, 2.24) is 4.90 Å². The highest BCUT2D eigenvalue weighted by atomic mass is 16.3. The number of nitrogens with zero attached hydrogens (tertiary/aromatic N) is 3. The number of amides is 1. The van der Waals surface area contributed by atoms with E-state index >= 15 is 0 Å². The summed E-state index contributed by atoms with van der Waals surface area (Å²) in [4.78, 5) is 31.9. The van der Waals surface area contributed by atoms with Gasteiger partial charge >= 0.3 is 5.91 Å². The Hall–Kier alpha value is -1.43. The van der Waals surface area contributed by atoms with Crippen LogP contribution < -0.4 is 0 Å². The number of nitroso groups, excluding NO2 is 2. The van der Waals surface area contributed by atoms with E-state index in [2.05, 4.69) is 10.4 Å². The molecule has 0 spiro atoms. The van der Waals surface area contributed by atoms with Gasteiger partial charge in [-0.1, -0.05) is 11.3 Å². The zero-order valence-corrected chi connectivity index (χ0v) is 6.92. The van der Waals surface area contributed by atoms with Crippen LogP contribution in [-0.2, 0) is 4.79 Å². The summed E-state index contributed by atoms with van der Waals surface area (Å²) < 4.78 is 0. The summed E-state index contributed by atoms with van der Waals surface area (Å²) in [5.41, 5.74) is 0. The molecule has 0 saturated carbocycles. The van der Waals surface area contributed by atoms with Gasteiger partial charge in [-0.3, -0.25) is 9.69 Å². The van der Waals surface area contributed by atoms with E-state index in [1.54, 1.807) is 6.08 Å². The van der Waals surface area contributed by atoms with Crippen molar-refractivity contribution in [1.29, 1.82) is 0 Å². The van der Waals surface area contributed by atoms with Crippen LogP contribution in [0.5, 0.6) is 0 Å². The van der Waals surface area contributed by atoms with Gasteiger partial charge in [-0.2, -0.15) is 4.91 Å². The van der Waals surface area contributed by atoms with Gasteiger partial charge < -0.3 is 0 Å². The average Bonchev–Trinajstić information content (AvgIpc) is 2.08. The van der Waals surface area contributed by atoms with Crippen LogP contribution in [0.15, 0.2) is 22.5 Å². The third-order valence-corrected chi connectivity index (χ3v) is 1.80. The Balaban J connectivity index is 2.14. The minimum absolute atomic E-state index is 0.117. The number of rotatable bonds is 4. The first-order chi connectivity index (χ1) is 6.26. The molecule has 13 heavy (non-hydrogen) atoms. The van der Waals surface area contributed by atoms with E-state index in [1.165, 1.54) is 0 Å². The Labute approximate surface area is 74.5 Å². The maximum atomic E-state index is 10.4. The molecule has 0 bridgehead atoms. The van der Waals surface area contributed by atoms with Gasteiger partial charge in [-0.05, 0) is 0 Å². The largest absolute Gasteiger partial charge is 0.309 e. The number of hydrogen-bond acceptors (Lipinski definition) is 5. The molecule has 70 valence electrons. The van der Waals surface area contributed by atoms with Crippen molar-refractivity contribution in [3.05, 3.63) is 22.0 Å². The molecule has 0 radical (unpaired) electrons. The fraction of sp³-hybridized carbons (Fsp3) is 0.571. The summed E-state index contributed by atoms with van der Waals surface area (Å²) in [7, 11) is 0. The molecule has 0 unspecified atom stereocenters. The second kappa shape index (κ2) is 4.56. The lowest BCUT2D eigenvalue weighted by molar-refractivity contribution is -0.113. The SMILES string of the molecule is O=NC(=O)/C=C/CN1CC(N=O)C1. The topological polar surface area (TPSA) is 79.2 Å². The van der Waals surface area contributed by atoms with Crippen molar-refractivity contribution in [3.63, 3.8) is 0 Å². The number of carbonyl (C=O) groups is 1. The standard InChI is InChI=1S/C7H9N3O3/c11-7(9-13)2-1-3-10-4-6(5-10)8-12/h1-2,6H,3-5H2/b2-1+. The van der Waals surface area contributed by atoms with Gasteiger partial charge in [0.2, 0.25) is 0 Å². The molecule has 1 aliphatic rings. The Kier molecular flexibility index (Phi) is 3.39. The minimum Gasteiger partial charge on any atom is -0.295 e.